The van der Waals surface area contributed by atoms with E-state index in [1.165, 1.54) is 7.11 Å². The van der Waals surface area contributed by atoms with Crippen LogP contribution in [0.15, 0.2) is 52.9 Å². The molecule has 0 spiro atoms. The number of fused-ring (bicyclic) bond motifs is 2. The van der Waals surface area contributed by atoms with Crippen molar-refractivity contribution in [1.29, 1.82) is 0 Å². The molecule has 2 aromatic heterocycles. The van der Waals surface area contributed by atoms with Crippen LogP contribution in [0.4, 0.5) is 5.69 Å². The zero-order valence-corrected chi connectivity index (χ0v) is 15.3. The molecule has 0 fully saturated rings. The van der Waals surface area contributed by atoms with Gasteiger partial charge in [0.1, 0.15) is 11.5 Å². The Kier molecular flexibility index (Phi) is 4.33. The first-order valence-corrected chi connectivity index (χ1v) is 8.48. The second kappa shape index (κ2) is 6.81. The number of hydrogen-bond acceptors (Lipinski definition) is 5. The van der Waals surface area contributed by atoms with Gasteiger partial charge in [-0.2, -0.15) is 0 Å². The van der Waals surface area contributed by atoms with Gasteiger partial charge in [-0.25, -0.2) is 4.98 Å². The number of furan rings is 1. The fourth-order valence-electron chi connectivity index (χ4n) is 2.79. The van der Waals surface area contributed by atoms with Gasteiger partial charge >= 0.3 is 0 Å². The van der Waals surface area contributed by atoms with Gasteiger partial charge in [-0.3, -0.25) is 4.79 Å². The lowest BCUT2D eigenvalue weighted by molar-refractivity contribution is 0.0998. The van der Waals surface area contributed by atoms with Gasteiger partial charge in [0.25, 0.3) is 5.91 Å². The molecule has 6 nitrogen and oxygen atoms in total. The minimum absolute atomic E-state index is 0.159. The number of nitrogens with one attached hydrogen (secondary N) is 1. The normalized spacial score (nSPS) is 10.9. The Bertz CT molecular complexity index is 1170. The van der Waals surface area contributed by atoms with Crippen molar-refractivity contribution in [3.05, 3.63) is 59.3 Å². The molecule has 0 saturated heterocycles. The zero-order valence-electron chi connectivity index (χ0n) is 14.6. The molecule has 0 saturated carbocycles. The predicted molar refractivity (Wildman–Crippen MR) is 104 cm³/mol. The summed E-state index contributed by atoms with van der Waals surface area (Å²) >= 11 is 6.09. The van der Waals surface area contributed by atoms with E-state index in [4.69, 9.17) is 25.5 Å². The fourth-order valence-corrected chi connectivity index (χ4v) is 3.05. The van der Waals surface area contributed by atoms with Crippen LogP contribution in [0.2, 0.25) is 5.02 Å². The molecule has 0 aliphatic carbocycles. The van der Waals surface area contributed by atoms with Crippen LogP contribution in [-0.4, -0.2) is 25.1 Å². The third kappa shape index (κ3) is 3.27. The van der Waals surface area contributed by atoms with Crippen molar-refractivity contribution < 1.29 is 18.7 Å². The first-order valence-electron chi connectivity index (χ1n) is 8.10. The number of ether oxygens (including phenoxy) is 2. The van der Waals surface area contributed by atoms with E-state index in [0.29, 0.717) is 22.2 Å². The summed E-state index contributed by atoms with van der Waals surface area (Å²) in [7, 11) is 3.14. The average Bonchev–Trinajstić information content (AvgIpc) is 3.08. The molecule has 1 amide bonds. The third-order valence-corrected chi connectivity index (χ3v) is 4.44. The number of amides is 1. The highest BCUT2D eigenvalue weighted by Crippen LogP contribution is 2.29. The van der Waals surface area contributed by atoms with Crippen LogP contribution < -0.4 is 14.8 Å². The summed E-state index contributed by atoms with van der Waals surface area (Å²) < 4.78 is 16.0. The molecule has 4 rings (SSSR count). The van der Waals surface area contributed by atoms with Gasteiger partial charge in [-0.15, -0.1) is 0 Å². The number of pyridine rings is 1. The minimum atomic E-state index is -0.393. The monoisotopic (exact) mass is 382 g/mol. The van der Waals surface area contributed by atoms with Crippen LogP contribution in [0.5, 0.6) is 11.5 Å². The van der Waals surface area contributed by atoms with Crippen LogP contribution in [0.25, 0.3) is 22.0 Å². The number of benzene rings is 2. The van der Waals surface area contributed by atoms with E-state index in [-0.39, 0.29) is 5.76 Å². The zero-order chi connectivity index (χ0) is 19.0. The molecule has 0 aliphatic heterocycles. The largest absolute Gasteiger partial charge is 0.497 e. The highest BCUT2D eigenvalue weighted by atomic mass is 35.5. The van der Waals surface area contributed by atoms with Gasteiger partial charge in [-0.05, 0) is 48.5 Å². The molecule has 0 bridgehead atoms. The Morgan fingerprint density at radius 2 is 1.89 bits per heavy atom. The maximum atomic E-state index is 12.5. The van der Waals surface area contributed by atoms with Gasteiger partial charge in [0, 0.05) is 16.5 Å². The number of carbonyl (C=O) groups excluding carboxylic acids is 1. The molecule has 0 atom stereocenters. The smallest absolute Gasteiger partial charge is 0.291 e. The molecule has 4 aromatic rings. The van der Waals surface area contributed by atoms with E-state index < -0.39 is 5.91 Å². The number of halogens is 1. The van der Waals surface area contributed by atoms with Gasteiger partial charge in [0.05, 0.1) is 24.8 Å². The van der Waals surface area contributed by atoms with E-state index >= 15 is 0 Å². The topological polar surface area (TPSA) is 73.6 Å². The Balaban J connectivity index is 1.65. The molecule has 136 valence electrons. The first-order chi connectivity index (χ1) is 13.1. The van der Waals surface area contributed by atoms with E-state index in [2.05, 4.69) is 10.3 Å². The minimum Gasteiger partial charge on any atom is -0.497 e. The van der Waals surface area contributed by atoms with Crippen molar-refractivity contribution in [2.45, 2.75) is 0 Å². The summed E-state index contributed by atoms with van der Waals surface area (Å²) in [6.45, 7) is 0. The quantitative estimate of drug-likeness (QED) is 0.543. The fraction of sp³-hybridized carbons (Fsp3) is 0.100. The summed E-state index contributed by atoms with van der Waals surface area (Å²) in [6.07, 6.45) is 0. The SMILES string of the molecule is COc1ccc2nc3oc(C(=O)Nc4ccc(OC)c(Cl)c4)cc3cc2c1. The van der Waals surface area contributed by atoms with Crippen molar-refractivity contribution in [2.75, 3.05) is 19.5 Å². The second-order valence-electron chi connectivity index (χ2n) is 5.86. The Morgan fingerprint density at radius 3 is 2.63 bits per heavy atom. The molecule has 2 heterocycles. The molecule has 0 unspecified atom stereocenters. The maximum Gasteiger partial charge on any atom is 0.291 e. The maximum absolute atomic E-state index is 12.5. The average molecular weight is 383 g/mol. The Hall–Kier alpha value is -3.25. The van der Waals surface area contributed by atoms with Crippen LogP contribution in [0.3, 0.4) is 0 Å². The Morgan fingerprint density at radius 1 is 1.04 bits per heavy atom. The number of hydrogen-bond donors (Lipinski definition) is 1. The number of anilines is 1. The summed E-state index contributed by atoms with van der Waals surface area (Å²) in [5, 5.41) is 4.78. The van der Waals surface area contributed by atoms with Gasteiger partial charge in [-0.1, -0.05) is 11.6 Å². The molecular weight excluding hydrogens is 368 g/mol. The van der Waals surface area contributed by atoms with E-state index in [9.17, 15) is 4.79 Å². The number of aromatic nitrogens is 1. The predicted octanol–water partition coefficient (Wildman–Crippen LogP) is 4.90. The third-order valence-electron chi connectivity index (χ3n) is 4.14. The van der Waals surface area contributed by atoms with Gasteiger partial charge in [0.15, 0.2) is 5.76 Å². The first kappa shape index (κ1) is 17.2. The number of carbonyl (C=O) groups is 1. The molecule has 7 heteroatoms. The van der Waals surface area contributed by atoms with Gasteiger partial charge in [0.2, 0.25) is 5.71 Å². The van der Waals surface area contributed by atoms with Gasteiger partial charge < -0.3 is 19.2 Å². The molecule has 0 aliphatic rings. The van der Waals surface area contributed by atoms with E-state index in [1.54, 1.807) is 31.4 Å². The lowest BCUT2D eigenvalue weighted by Gasteiger charge is -2.06. The van der Waals surface area contributed by atoms with Crippen molar-refractivity contribution in [1.82, 2.24) is 4.98 Å². The van der Waals surface area contributed by atoms with E-state index in [1.807, 2.05) is 24.3 Å². The van der Waals surface area contributed by atoms with Crippen molar-refractivity contribution in [3.63, 3.8) is 0 Å². The highest BCUT2D eigenvalue weighted by molar-refractivity contribution is 6.32. The molecule has 1 N–H and O–H groups in total. The van der Waals surface area contributed by atoms with Crippen LogP contribution in [0.1, 0.15) is 10.6 Å². The van der Waals surface area contributed by atoms with Crippen molar-refractivity contribution in [2.24, 2.45) is 0 Å². The Labute approximate surface area is 159 Å². The van der Waals surface area contributed by atoms with Crippen molar-refractivity contribution in [3.8, 4) is 11.5 Å². The second-order valence-corrected chi connectivity index (χ2v) is 6.26. The van der Waals surface area contributed by atoms with Crippen molar-refractivity contribution >= 4 is 45.2 Å². The standard InChI is InChI=1S/C20H15ClN2O4/c1-25-14-4-5-16-11(8-14)7-12-9-18(27-20(12)23-16)19(24)22-13-3-6-17(26-2)15(21)10-13/h3-10H,1-2H3,(H,22,24). The molecule has 0 radical (unpaired) electrons. The molecule has 2 aromatic carbocycles. The molecule has 27 heavy (non-hydrogen) atoms. The molecular formula is C20H15ClN2O4. The highest BCUT2D eigenvalue weighted by Gasteiger charge is 2.15. The summed E-state index contributed by atoms with van der Waals surface area (Å²) in [5.41, 5.74) is 1.69. The number of rotatable bonds is 4. The van der Waals surface area contributed by atoms with Crippen LogP contribution in [-0.2, 0) is 0 Å². The summed E-state index contributed by atoms with van der Waals surface area (Å²) in [5.74, 6) is 1.04. The number of methoxy groups -OCH3 is 2. The summed E-state index contributed by atoms with van der Waals surface area (Å²) in [4.78, 5) is 17.0. The van der Waals surface area contributed by atoms with Crippen LogP contribution >= 0.6 is 11.6 Å². The lowest BCUT2D eigenvalue weighted by Crippen LogP contribution is -2.10. The van der Waals surface area contributed by atoms with Crippen LogP contribution in [0, 0.1) is 0 Å². The number of nitrogens with zero attached hydrogens (tertiary/aromatic N) is 1. The summed E-state index contributed by atoms with van der Waals surface area (Å²) in [6, 6.07) is 14.1. The van der Waals surface area contributed by atoms with E-state index in [0.717, 1.165) is 22.0 Å². The lowest BCUT2D eigenvalue weighted by atomic mass is 10.2.